The Morgan fingerprint density at radius 1 is 1.43 bits per heavy atom. The minimum Gasteiger partial charge on any atom is -0.332 e. The predicted octanol–water partition coefficient (Wildman–Crippen LogP) is 2.84. The zero-order chi connectivity index (χ0) is 17.2. The van der Waals surface area contributed by atoms with Gasteiger partial charge in [-0.15, -0.1) is 0 Å². The number of aromatic nitrogens is 1. The van der Waals surface area contributed by atoms with Crippen molar-refractivity contribution in [1.29, 1.82) is 0 Å². The van der Waals surface area contributed by atoms with Gasteiger partial charge in [0.15, 0.2) is 0 Å². The molecule has 7 heteroatoms. The molecule has 1 aromatic rings. The average Bonchev–Trinajstić information content (AvgIpc) is 2.76. The Balaban J connectivity index is 2.10. The van der Waals surface area contributed by atoms with Crippen molar-refractivity contribution in [2.45, 2.75) is 45.5 Å². The van der Waals surface area contributed by atoms with Gasteiger partial charge in [-0.1, -0.05) is 19.9 Å². The topological polar surface area (TPSA) is 45.2 Å². The van der Waals surface area contributed by atoms with Crippen molar-refractivity contribution in [3.63, 3.8) is 0 Å². The Morgan fingerprint density at radius 2 is 2.13 bits per heavy atom. The number of halogens is 3. The summed E-state index contributed by atoms with van der Waals surface area (Å²) in [7, 11) is 0. The van der Waals surface area contributed by atoms with E-state index in [4.69, 9.17) is 0 Å². The van der Waals surface area contributed by atoms with E-state index in [1.54, 1.807) is 6.20 Å². The molecule has 2 atom stereocenters. The van der Waals surface area contributed by atoms with Crippen molar-refractivity contribution < 1.29 is 18.0 Å². The van der Waals surface area contributed by atoms with Gasteiger partial charge in [0, 0.05) is 12.7 Å². The third-order valence-electron chi connectivity index (χ3n) is 4.06. The molecule has 0 saturated carbocycles. The number of hydrogen-bond donors (Lipinski definition) is 1. The lowest BCUT2D eigenvalue weighted by Crippen LogP contribution is -2.44. The van der Waals surface area contributed by atoms with Crippen molar-refractivity contribution >= 4 is 5.91 Å². The lowest BCUT2D eigenvalue weighted by molar-refractivity contribution is -0.158. The van der Waals surface area contributed by atoms with Crippen LogP contribution in [0.15, 0.2) is 18.3 Å². The van der Waals surface area contributed by atoms with Crippen molar-refractivity contribution in [3.8, 4) is 0 Å². The molecule has 1 N–H and O–H groups in total. The highest BCUT2D eigenvalue weighted by molar-refractivity contribution is 5.84. The molecule has 4 nitrogen and oxygen atoms in total. The van der Waals surface area contributed by atoms with Crippen LogP contribution in [0.3, 0.4) is 0 Å². The lowest BCUT2D eigenvalue weighted by Gasteiger charge is -2.26. The minimum atomic E-state index is -4.36. The predicted molar refractivity (Wildman–Crippen MR) is 80.7 cm³/mol. The Morgan fingerprint density at radius 3 is 2.70 bits per heavy atom. The lowest BCUT2D eigenvalue weighted by atomic mass is 9.96. The number of carbonyl (C=O) groups excluding carboxylic acids is 1. The first-order valence-corrected chi connectivity index (χ1v) is 7.72. The number of nitrogens with zero attached hydrogens (tertiary/aromatic N) is 2. The first kappa shape index (κ1) is 17.7. The van der Waals surface area contributed by atoms with Crippen LogP contribution in [-0.4, -0.2) is 41.1 Å². The summed E-state index contributed by atoms with van der Waals surface area (Å²) in [5.74, 6) is -0.324. The second-order valence-corrected chi connectivity index (χ2v) is 6.31. The maximum absolute atomic E-state index is 12.5. The molecule has 0 spiro atoms. The van der Waals surface area contributed by atoms with Crippen LogP contribution in [0.1, 0.15) is 37.6 Å². The molecule has 1 aromatic heterocycles. The number of amides is 1. The van der Waals surface area contributed by atoms with E-state index in [0.29, 0.717) is 6.42 Å². The van der Waals surface area contributed by atoms with Gasteiger partial charge in [0.2, 0.25) is 5.91 Å². The Labute approximate surface area is 134 Å². The number of nitrogens with one attached hydrogen (secondary N) is 1. The van der Waals surface area contributed by atoms with E-state index < -0.39 is 24.7 Å². The molecule has 1 saturated heterocycles. The normalized spacial score (nSPS) is 20.4. The molecule has 0 radical (unpaired) electrons. The van der Waals surface area contributed by atoms with Gasteiger partial charge in [-0.05, 0) is 30.9 Å². The van der Waals surface area contributed by atoms with Crippen LogP contribution in [0.4, 0.5) is 13.2 Å². The van der Waals surface area contributed by atoms with Gasteiger partial charge in [0.1, 0.15) is 6.54 Å². The Bertz CT molecular complexity index is 560. The van der Waals surface area contributed by atoms with E-state index in [0.717, 1.165) is 16.2 Å². The van der Waals surface area contributed by atoms with Crippen LogP contribution >= 0.6 is 0 Å². The summed E-state index contributed by atoms with van der Waals surface area (Å²) in [4.78, 5) is 17.5. The van der Waals surface area contributed by atoms with Crippen LogP contribution in [0.2, 0.25) is 0 Å². The summed E-state index contributed by atoms with van der Waals surface area (Å²) in [6.45, 7) is 4.88. The maximum Gasteiger partial charge on any atom is 0.406 e. The molecular formula is C16H22F3N3O. The maximum atomic E-state index is 12.5. The van der Waals surface area contributed by atoms with E-state index in [9.17, 15) is 18.0 Å². The van der Waals surface area contributed by atoms with E-state index in [2.05, 4.69) is 10.3 Å². The van der Waals surface area contributed by atoms with Gasteiger partial charge in [0.05, 0.1) is 17.8 Å². The first-order chi connectivity index (χ1) is 10.7. The zero-order valence-electron chi connectivity index (χ0n) is 13.5. The van der Waals surface area contributed by atoms with E-state index in [1.807, 2.05) is 32.9 Å². The summed E-state index contributed by atoms with van der Waals surface area (Å²) in [5, 5.41) is 3.22. The molecule has 0 unspecified atom stereocenters. The largest absolute Gasteiger partial charge is 0.406 e. The molecule has 0 bridgehead atoms. The summed E-state index contributed by atoms with van der Waals surface area (Å²) in [6.07, 6.45) is -2.30. The molecule has 0 aliphatic carbocycles. The van der Waals surface area contributed by atoms with Crippen molar-refractivity contribution in [1.82, 2.24) is 15.2 Å². The third kappa shape index (κ3) is 4.43. The second kappa shape index (κ2) is 6.86. The molecule has 0 aromatic carbocycles. The van der Waals surface area contributed by atoms with E-state index in [-0.39, 0.29) is 18.5 Å². The van der Waals surface area contributed by atoms with Crippen molar-refractivity contribution in [3.05, 3.63) is 29.6 Å². The van der Waals surface area contributed by atoms with Crippen molar-refractivity contribution in [2.24, 2.45) is 5.92 Å². The van der Waals surface area contributed by atoms with Crippen molar-refractivity contribution in [2.75, 3.05) is 13.1 Å². The molecule has 2 heterocycles. The summed E-state index contributed by atoms with van der Waals surface area (Å²) in [6, 6.07) is 3.01. The van der Waals surface area contributed by atoms with Gasteiger partial charge >= 0.3 is 6.18 Å². The summed E-state index contributed by atoms with van der Waals surface area (Å²) >= 11 is 0. The van der Waals surface area contributed by atoms with Crippen LogP contribution in [0.25, 0.3) is 0 Å². The highest BCUT2D eigenvalue weighted by Gasteiger charge is 2.40. The molecule has 1 fully saturated rings. The molecule has 128 valence electrons. The molecule has 1 aliphatic rings. The Hall–Kier alpha value is -1.63. The number of likely N-dealkylation sites (tertiary alicyclic amines) is 1. The van der Waals surface area contributed by atoms with Crippen LogP contribution in [0.5, 0.6) is 0 Å². The van der Waals surface area contributed by atoms with Crippen LogP contribution in [-0.2, 0) is 4.79 Å². The van der Waals surface area contributed by atoms with Gasteiger partial charge in [-0.3, -0.25) is 15.1 Å². The fourth-order valence-electron chi connectivity index (χ4n) is 2.89. The first-order valence-electron chi connectivity index (χ1n) is 7.72. The summed E-state index contributed by atoms with van der Waals surface area (Å²) in [5.41, 5.74) is 1.83. The standard InChI is InChI=1S/C16H22F3N3O/c1-10(2)13(14-11(3)5-4-7-20-14)21-12-6-8-22(15(12)23)9-16(17,18)19/h4-5,7,10,12-13,21H,6,8-9H2,1-3H3/t12-,13-/m0/s1. The minimum absolute atomic E-state index is 0.127. The van der Waals surface area contributed by atoms with Crippen LogP contribution in [0, 0.1) is 12.8 Å². The Kier molecular flexibility index (Phi) is 5.29. The zero-order valence-corrected chi connectivity index (χ0v) is 13.5. The SMILES string of the molecule is Cc1cccnc1[C@@H](N[C@H]1CCN(CC(F)(F)F)C1=O)C(C)C. The molecule has 23 heavy (non-hydrogen) atoms. The van der Waals surface area contributed by atoms with Gasteiger partial charge < -0.3 is 4.90 Å². The molecule has 1 amide bonds. The number of pyridine rings is 1. The smallest absolute Gasteiger partial charge is 0.332 e. The van der Waals surface area contributed by atoms with Crippen LogP contribution < -0.4 is 5.32 Å². The number of carbonyl (C=O) groups is 1. The number of alkyl halides is 3. The quantitative estimate of drug-likeness (QED) is 0.903. The molecular weight excluding hydrogens is 307 g/mol. The number of aryl methyl sites for hydroxylation is 1. The average molecular weight is 329 g/mol. The highest BCUT2D eigenvalue weighted by Crippen LogP contribution is 2.26. The van der Waals surface area contributed by atoms with Gasteiger partial charge in [-0.25, -0.2) is 0 Å². The van der Waals surface area contributed by atoms with E-state index >= 15 is 0 Å². The van der Waals surface area contributed by atoms with Gasteiger partial charge in [0.25, 0.3) is 0 Å². The number of rotatable bonds is 5. The highest BCUT2D eigenvalue weighted by atomic mass is 19.4. The molecule has 1 aliphatic heterocycles. The fourth-order valence-corrected chi connectivity index (χ4v) is 2.89. The molecule has 2 rings (SSSR count). The fraction of sp³-hybridized carbons (Fsp3) is 0.625. The van der Waals surface area contributed by atoms with E-state index in [1.165, 1.54) is 0 Å². The summed E-state index contributed by atoms with van der Waals surface area (Å²) < 4.78 is 37.5. The number of hydrogen-bond acceptors (Lipinski definition) is 3. The van der Waals surface area contributed by atoms with Gasteiger partial charge in [-0.2, -0.15) is 13.2 Å². The third-order valence-corrected chi connectivity index (χ3v) is 4.06. The second-order valence-electron chi connectivity index (χ2n) is 6.31. The monoisotopic (exact) mass is 329 g/mol.